The Labute approximate surface area is 180 Å². The summed E-state index contributed by atoms with van der Waals surface area (Å²) < 4.78 is 0. The zero-order valence-electron chi connectivity index (χ0n) is 17.5. The van der Waals surface area contributed by atoms with Crippen LogP contribution in [0.2, 0.25) is 0 Å². The first-order valence-electron chi connectivity index (χ1n) is 10.3. The first kappa shape index (κ1) is 20.6. The van der Waals surface area contributed by atoms with Crippen molar-refractivity contribution in [2.45, 2.75) is 19.8 Å². The molecule has 0 unspecified atom stereocenters. The number of rotatable bonds is 5. The summed E-state index contributed by atoms with van der Waals surface area (Å²) in [7, 11) is 1.42. The molecule has 4 rings (SSSR count). The number of benzene rings is 2. The van der Waals surface area contributed by atoms with Crippen LogP contribution in [0.15, 0.2) is 54.2 Å². The van der Waals surface area contributed by atoms with Gasteiger partial charge in [0.25, 0.3) is 17.5 Å². The topological polar surface area (TPSA) is 95.8 Å². The Morgan fingerprint density at radius 2 is 1.58 bits per heavy atom. The van der Waals surface area contributed by atoms with Gasteiger partial charge in [-0.3, -0.25) is 24.6 Å². The summed E-state index contributed by atoms with van der Waals surface area (Å²) in [6.07, 6.45) is 2.35. The Kier molecular flexibility index (Phi) is 5.46. The normalized spacial score (nSPS) is 17.5. The molecular weight excluding hydrogens is 396 g/mol. The predicted molar refractivity (Wildman–Crippen MR) is 118 cm³/mol. The molecule has 160 valence electrons. The number of nitrogens with one attached hydrogen (secondary N) is 1. The number of carbonyl (C=O) groups excluding carboxylic acids is 2. The number of piperidine rings is 1. The summed E-state index contributed by atoms with van der Waals surface area (Å²) in [4.78, 5) is 39.2. The molecule has 1 fully saturated rings. The standard InChI is InChI=1S/C23H24N4O4/c1-15-11-13-26(14-12-15)18-9-5-17(6-10-18)24-21-20(22(28)25(2)23(21)29)16-3-7-19(8-4-16)27(30)31/h3-10,15,24H,11-14H2,1-2H3. The van der Waals surface area contributed by atoms with Crippen LogP contribution < -0.4 is 10.2 Å². The van der Waals surface area contributed by atoms with Gasteiger partial charge in [-0.1, -0.05) is 6.92 Å². The Bertz CT molecular complexity index is 1050. The molecule has 1 N–H and O–H groups in total. The van der Waals surface area contributed by atoms with Crippen molar-refractivity contribution in [2.24, 2.45) is 5.92 Å². The van der Waals surface area contributed by atoms with E-state index in [0.29, 0.717) is 11.3 Å². The van der Waals surface area contributed by atoms with Gasteiger partial charge in [-0.05, 0) is 60.7 Å². The molecule has 2 heterocycles. The summed E-state index contributed by atoms with van der Waals surface area (Å²) in [6.45, 7) is 4.33. The highest BCUT2D eigenvalue weighted by molar-refractivity contribution is 6.36. The molecule has 0 aliphatic carbocycles. The lowest BCUT2D eigenvalue weighted by Gasteiger charge is -2.32. The second kappa shape index (κ2) is 8.22. The summed E-state index contributed by atoms with van der Waals surface area (Å²) >= 11 is 0. The molecule has 31 heavy (non-hydrogen) atoms. The number of nitrogens with zero attached hydrogens (tertiary/aromatic N) is 3. The highest BCUT2D eigenvalue weighted by atomic mass is 16.6. The number of hydrogen-bond donors (Lipinski definition) is 1. The summed E-state index contributed by atoms with van der Waals surface area (Å²) in [5, 5.41) is 14.0. The first-order valence-corrected chi connectivity index (χ1v) is 10.3. The number of likely N-dealkylation sites (N-methyl/N-ethyl adjacent to an activating group) is 1. The van der Waals surface area contributed by atoms with Gasteiger partial charge in [-0.15, -0.1) is 0 Å². The van der Waals surface area contributed by atoms with E-state index in [1.807, 2.05) is 24.3 Å². The fourth-order valence-electron chi connectivity index (χ4n) is 3.94. The Balaban J connectivity index is 1.60. The third kappa shape index (κ3) is 4.01. The number of anilines is 2. The molecule has 8 nitrogen and oxygen atoms in total. The van der Waals surface area contributed by atoms with Gasteiger partial charge in [-0.25, -0.2) is 0 Å². The lowest BCUT2D eigenvalue weighted by molar-refractivity contribution is -0.384. The molecule has 2 aliphatic rings. The van der Waals surface area contributed by atoms with E-state index in [4.69, 9.17) is 0 Å². The number of amides is 2. The second-order valence-electron chi connectivity index (χ2n) is 8.06. The van der Waals surface area contributed by atoms with Crippen molar-refractivity contribution in [2.75, 3.05) is 30.4 Å². The minimum Gasteiger partial charge on any atom is -0.372 e. The van der Waals surface area contributed by atoms with Crippen molar-refractivity contribution in [3.8, 4) is 0 Å². The number of imide groups is 1. The largest absolute Gasteiger partial charge is 0.372 e. The van der Waals surface area contributed by atoms with Gasteiger partial charge in [0.1, 0.15) is 5.70 Å². The average Bonchev–Trinajstić information content (AvgIpc) is 2.98. The molecule has 0 atom stereocenters. The van der Waals surface area contributed by atoms with E-state index in [1.165, 1.54) is 44.2 Å². The third-order valence-electron chi connectivity index (χ3n) is 5.94. The summed E-state index contributed by atoms with van der Waals surface area (Å²) in [5.74, 6) is -0.127. The molecule has 0 radical (unpaired) electrons. The van der Waals surface area contributed by atoms with Crippen LogP contribution >= 0.6 is 0 Å². The van der Waals surface area contributed by atoms with Crippen LogP contribution in [0, 0.1) is 16.0 Å². The van der Waals surface area contributed by atoms with Gasteiger partial charge in [-0.2, -0.15) is 0 Å². The van der Waals surface area contributed by atoms with E-state index in [2.05, 4.69) is 17.1 Å². The van der Waals surface area contributed by atoms with Crippen LogP contribution in [0.25, 0.3) is 5.57 Å². The summed E-state index contributed by atoms with van der Waals surface area (Å²) in [6, 6.07) is 13.4. The molecule has 1 saturated heterocycles. The van der Waals surface area contributed by atoms with Gasteiger partial charge in [0.15, 0.2) is 0 Å². The molecule has 0 saturated carbocycles. The van der Waals surface area contributed by atoms with Crippen molar-refractivity contribution in [1.29, 1.82) is 0 Å². The lowest BCUT2D eigenvalue weighted by Crippen LogP contribution is -2.32. The SMILES string of the molecule is CC1CCN(c2ccc(NC3=C(c4ccc([N+](=O)[O-])cc4)C(=O)N(C)C3=O)cc2)CC1. The maximum atomic E-state index is 12.7. The molecule has 2 aliphatic heterocycles. The molecule has 8 heteroatoms. The summed E-state index contributed by atoms with van der Waals surface area (Å²) in [5.41, 5.74) is 2.58. The fourth-order valence-corrected chi connectivity index (χ4v) is 3.94. The fraction of sp³-hybridized carbons (Fsp3) is 0.304. The molecule has 2 aromatic rings. The minimum absolute atomic E-state index is 0.0771. The Hall–Kier alpha value is -3.68. The zero-order chi connectivity index (χ0) is 22.1. The van der Waals surface area contributed by atoms with Crippen molar-refractivity contribution >= 4 is 34.4 Å². The van der Waals surface area contributed by atoms with Crippen molar-refractivity contribution in [3.05, 3.63) is 69.9 Å². The smallest absolute Gasteiger partial charge is 0.277 e. The van der Waals surface area contributed by atoms with Crippen LogP contribution in [-0.4, -0.2) is 41.8 Å². The zero-order valence-corrected chi connectivity index (χ0v) is 17.5. The van der Waals surface area contributed by atoms with E-state index >= 15 is 0 Å². The maximum absolute atomic E-state index is 12.7. The lowest BCUT2D eigenvalue weighted by atomic mass is 9.99. The number of nitro benzene ring substituents is 1. The maximum Gasteiger partial charge on any atom is 0.277 e. The number of nitro groups is 1. The molecule has 0 spiro atoms. The van der Waals surface area contributed by atoms with Gasteiger partial charge >= 0.3 is 0 Å². The molecule has 2 aromatic carbocycles. The quantitative estimate of drug-likeness (QED) is 0.451. The number of hydrogen-bond acceptors (Lipinski definition) is 6. The molecular formula is C23H24N4O4. The minimum atomic E-state index is -0.504. The molecule has 0 bridgehead atoms. The van der Waals surface area contributed by atoms with Crippen molar-refractivity contribution < 1.29 is 14.5 Å². The van der Waals surface area contributed by atoms with Gasteiger partial charge in [0.05, 0.1) is 10.5 Å². The van der Waals surface area contributed by atoms with Gasteiger partial charge < -0.3 is 10.2 Å². The van der Waals surface area contributed by atoms with Crippen LogP contribution in [0.4, 0.5) is 17.1 Å². The van der Waals surface area contributed by atoms with E-state index in [9.17, 15) is 19.7 Å². The van der Waals surface area contributed by atoms with E-state index in [-0.39, 0.29) is 17.0 Å². The number of carbonyl (C=O) groups is 2. The third-order valence-corrected chi connectivity index (χ3v) is 5.94. The average molecular weight is 420 g/mol. The predicted octanol–water partition coefficient (Wildman–Crippen LogP) is 3.65. The van der Waals surface area contributed by atoms with E-state index < -0.39 is 16.7 Å². The van der Waals surface area contributed by atoms with E-state index in [1.54, 1.807) is 0 Å². The van der Waals surface area contributed by atoms with Crippen LogP contribution in [-0.2, 0) is 9.59 Å². The second-order valence-corrected chi connectivity index (χ2v) is 8.06. The molecule has 2 amide bonds. The van der Waals surface area contributed by atoms with Crippen molar-refractivity contribution in [3.63, 3.8) is 0 Å². The van der Waals surface area contributed by atoms with Crippen LogP contribution in [0.1, 0.15) is 25.3 Å². The molecule has 0 aromatic heterocycles. The van der Waals surface area contributed by atoms with Gasteiger partial charge in [0.2, 0.25) is 0 Å². The van der Waals surface area contributed by atoms with Crippen molar-refractivity contribution in [1.82, 2.24) is 4.90 Å². The monoisotopic (exact) mass is 420 g/mol. The Morgan fingerprint density at radius 3 is 2.16 bits per heavy atom. The Morgan fingerprint density at radius 1 is 0.968 bits per heavy atom. The number of non-ortho nitro benzene ring substituents is 1. The van der Waals surface area contributed by atoms with Crippen LogP contribution in [0.3, 0.4) is 0 Å². The van der Waals surface area contributed by atoms with E-state index in [0.717, 1.165) is 29.6 Å². The first-order chi connectivity index (χ1) is 14.8. The highest BCUT2D eigenvalue weighted by Gasteiger charge is 2.37. The highest BCUT2D eigenvalue weighted by Crippen LogP contribution is 2.31. The van der Waals surface area contributed by atoms with Crippen LogP contribution in [0.5, 0.6) is 0 Å². The van der Waals surface area contributed by atoms with Gasteiger partial charge in [0, 0.05) is 43.6 Å².